The van der Waals surface area contributed by atoms with Crippen molar-refractivity contribution in [1.29, 1.82) is 0 Å². The lowest BCUT2D eigenvalue weighted by atomic mass is 9.96. The van der Waals surface area contributed by atoms with E-state index in [1.807, 2.05) is 6.92 Å². The normalized spacial score (nSPS) is 21.5. The van der Waals surface area contributed by atoms with E-state index in [0.29, 0.717) is 6.42 Å². The summed E-state index contributed by atoms with van der Waals surface area (Å²) in [6.45, 7) is 2.07. The monoisotopic (exact) mass is 234 g/mol. The van der Waals surface area contributed by atoms with E-state index in [9.17, 15) is 8.42 Å². The van der Waals surface area contributed by atoms with Crippen LogP contribution in [-0.2, 0) is 10.0 Å². The lowest BCUT2D eigenvalue weighted by Crippen LogP contribution is -2.44. The van der Waals surface area contributed by atoms with Crippen LogP contribution in [0.15, 0.2) is 0 Å². The Kier molecular flexibility index (Phi) is 5.02. The van der Waals surface area contributed by atoms with Gasteiger partial charge in [0.15, 0.2) is 0 Å². The molecule has 0 aromatic heterocycles. The minimum atomic E-state index is -3.20. The molecule has 1 unspecified atom stereocenters. The molecule has 0 aromatic carbocycles. The zero-order valence-corrected chi connectivity index (χ0v) is 10.2. The highest BCUT2D eigenvalue weighted by Gasteiger charge is 2.26. The number of nitrogens with two attached hydrogens (primary N) is 1. The molecule has 4 nitrogen and oxygen atoms in total. The Hall–Kier alpha value is -0.130. The van der Waals surface area contributed by atoms with Crippen LogP contribution in [-0.4, -0.2) is 26.3 Å². The van der Waals surface area contributed by atoms with Crippen molar-refractivity contribution in [2.75, 3.05) is 6.54 Å². The van der Waals surface area contributed by atoms with E-state index in [4.69, 9.17) is 5.73 Å². The first-order chi connectivity index (χ1) is 7.10. The van der Waals surface area contributed by atoms with Crippen LogP contribution in [0.2, 0.25) is 0 Å². The van der Waals surface area contributed by atoms with Crippen molar-refractivity contribution in [3.05, 3.63) is 0 Å². The summed E-state index contributed by atoms with van der Waals surface area (Å²) in [6.07, 6.45) is 6.02. The van der Waals surface area contributed by atoms with E-state index >= 15 is 0 Å². The predicted molar refractivity (Wildman–Crippen MR) is 62.1 cm³/mol. The van der Waals surface area contributed by atoms with Crippen LogP contribution in [0.5, 0.6) is 0 Å². The number of rotatable bonds is 5. The van der Waals surface area contributed by atoms with Crippen molar-refractivity contribution in [2.24, 2.45) is 5.73 Å². The fourth-order valence-electron chi connectivity index (χ4n) is 2.06. The van der Waals surface area contributed by atoms with Crippen molar-refractivity contribution in [3.8, 4) is 0 Å². The average molecular weight is 234 g/mol. The topological polar surface area (TPSA) is 72.2 Å². The number of hydrogen-bond donors (Lipinski definition) is 2. The summed E-state index contributed by atoms with van der Waals surface area (Å²) in [4.78, 5) is 0. The SMILES string of the molecule is CCC(CN)S(=O)(=O)NC1CCCCC1. The Labute approximate surface area is 92.7 Å². The molecular weight excluding hydrogens is 212 g/mol. The largest absolute Gasteiger partial charge is 0.329 e. The molecule has 90 valence electrons. The van der Waals surface area contributed by atoms with E-state index in [1.54, 1.807) is 0 Å². The van der Waals surface area contributed by atoms with Crippen molar-refractivity contribution in [2.45, 2.75) is 56.7 Å². The first kappa shape index (κ1) is 12.9. The van der Waals surface area contributed by atoms with Crippen LogP contribution in [0.3, 0.4) is 0 Å². The van der Waals surface area contributed by atoms with Gasteiger partial charge in [-0.05, 0) is 19.3 Å². The Morgan fingerprint density at radius 1 is 1.33 bits per heavy atom. The number of nitrogens with one attached hydrogen (secondary N) is 1. The van der Waals surface area contributed by atoms with Gasteiger partial charge >= 0.3 is 0 Å². The molecule has 5 heteroatoms. The standard InChI is InChI=1S/C10H22N2O2S/c1-2-10(8-11)15(13,14)12-9-6-4-3-5-7-9/h9-10,12H,2-8,11H2,1H3. The first-order valence-corrected chi connectivity index (χ1v) is 7.36. The van der Waals surface area contributed by atoms with E-state index in [-0.39, 0.29) is 12.6 Å². The third-order valence-electron chi connectivity index (χ3n) is 3.09. The molecule has 0 heterocycles. The Bertz CT molecular complexity index is 267. The molecule has 15 heavy (non-hydrogen) atoms. The Balaban J connectivity index is 2.54. The molecule has 0 amide bonds. The van der Waals surface area contributed by atoms with Gasteiger partial charge in [0, 0.05) is 12.6 Å². The summed E-state index contributed by atoms with van der Waals surface area (Å²) in [5.41, 5.74) is 5.46. The molecule has 0 saturated heterocycles. The Morgan fingerprint density at radius 3 is 2.40 bits per heavy atom. The quantitative estimate of drug-likeness (QED) is 0.744. The summed E-state index contributed by atoms with van der Waals surface area (Å²) in [6, 6.07) is 0.143. The van der Waals surface area contributed by atoms with Crippen molar-refractivity contribution < 1.29 is 8.42 Å². The Morgan fingerprint density at radius 2 is 1.93 bits per heavy atom. The maximum absolute atomic E-state index is 11.9. The second-order valence-corrected chi connectivity index (χ2v) is 6.26. The third kappa shape index (κ3) is 3.74. The molecule has 1 saturated carbocycles. The maximum atomic E-state index is 11.9. The molecule has 1 aliphatic rings. The zero-order chi connectivity index (χ0) is 11.3. The second-order valence-electron chi connectivity index (χ2n) is 4.26. The van der Waals surface area contributed by atoms with Crippen LogP contribution in [0.4, 0.5) is 0 Å². The maximum Gasteiger partial charge on any atom is 0.215 e. The first-order valence-electron chi connectivity index (χ1n) is 5.81. The zero-order valence-electron chi connectivity index (χ0n) is 9.41. The fraction of sp³-hybridized carbons (Fsp3) is 1.00. The molecule has 1 rings (SSSR count). The third-order valence-corrected chi connectivity index (χ3v) is 5.16. The van der Waals surface area contributed by atoms with Gasteiger partial charge in [-0.3, -0.25) is 0 Å². The van der Waals surface area contributed by atoms with Gasteiger partial charge in [0.05, 0.1) is 5.25 Å². The van der Waals surface area contributed by atoms with Crippen LogP contribution >= 0.6 is 0 Å². The van der Waals surface area contributed by atoms with Gasteiger partial charge in [0.1, 0.15) is 0 Å². The highest BCUT2D eigenvalue weighted by atomic mass is 32.2. The highest BCUT2D eigenvalue weighted by molar-refractivity contribution is 7.90. The van der Waals surface area contributed by atoms with Gasteiger partial charge in [-0.2, -0.15) is 0 Å². The van der Waals surface area contributed by atoms with E-state index in [1.165, 1.54) is 6.42 Å². The van der Waals surface area contributed by atoms with Gasteiger partial charge in [-0.25, -0.2) is 13.1 Å². The van der Waals surface area contributed by atoms with Gasteiger partial charge in [0.2, 0.25) is 10.0 Å². The van der Waals surface area contributed by atoms with Gasteiger partial charge in [-0.1, -0.05) is 26.2 Å². The fourth-order valence-corrected chi connectivity index (χ4v) is 3.65. The smallest absolute Gasteiger partial charge is 0.215 e. The highest BCUT2D eigenvalue weighted by Crippen LogP contribution is 2.19. The lowest BCUT2D eigenvalue weighted by Gasteiger charge is -2.25. The van der Waals surface area contributed by atoms with E-state index in [0.717, 1.165) is 25.7 Å². The minimum absolute atomic E-state index is 0.143. The molecule has 0 spiro atoms. The van der Waals surface area contributed by atoms with Crippen LogP contribution < -0.4 is 10.5 Å². The average Bonchev–Trinajstić information content (AvgIpc) is 2.19. The molecule has 1 aliphatic carbocycles. The summed E-state index contributed by atoms with van der Waals surface area (Å²) >= 11 is 0. The summed E-state index contributed by atoms with van der Waals surface area (Å²) in [7, 11) is -3.20. The van der Waals surface area contributed by atoms with E-state index in [2.05, 4.69) is 4.72 Å². The molecule has 0 bridgehead atoms. The predicted octanol–water partition coefficient (Wildman–Crippen LogP) is 0.976. The molecule has 3 N–H and O–H groups in total. The molecule has 0 aromatic rings. The van der Waals surface area contributed by atoms with Gasteiger partial charge in [-0.15, -0.1) is 0 Å². The van der Waals surface area contributed by atoms with Crippen LogP contribution in [0, 0.1) is 0 Å². The molecule has 1 atom stereocenters. The molecule has 0 aliphatic heterocycles. The molecule has 0 radical (unpaired) electrons. The van der Waals surface area contributed by atoms with Gasteiger partial charge in [0.25, 0.3) is 0 Å². The van der Waals surface area contributed by atoms with Crippen LogP contribution in [0.25, 0.3) is 0 Å². The summed E-state index contributed by atoms with van der Waals surface area (Å²) in [5, 5.41) is -0.431. The summed E-state index contributed by atoms with van der Waals surface area (Å²) in [5.74, 6) is 0. The molecule has 1 fully saturated rings. The summed E-state index contributed by atoms with van der Waals surface area (Å²) < 4.78 is 26.5. The number of sulfonamides is 1. The van der Waals surface area contributed by atoms with Gasteiger partial charge < -0.3 is 5.73 Å². The number of hydrogen-bond acceptors (Lipinski definition) is 3. The van der Waals surface area contributed by atoms with Crippen LogP contribution in [0.1, 0.15) is 45.4 Å². The van der Waals surface area contributed by atoms with E-state index < -0.39 is 15.3 Å². The van der Waals surface area contributed by atoms with Crippen molar-refractivity contribution in [3.63, 3.8) is 0 Å². The lowest BCUT2D eigenvalue weighted by molar-refractivity contribution is 0.409. The second kappa shape index (κ2) is 5.82. The van der Waals surface area contributed by atoms with Crippen molar-refractivity contribution in [1.82, 2.24) is 4.72 Å². The molecular formula is C10H22N2O2S. The minimum Gasteiger partial charge on any atom is -0.329 e. The van der Waals surface area contributed by atoms with Crippen molar-refractivity contribution >= 4 is 10.0 Å².